The third kappa shape index (κ3) is 2.13. The Labute approximate surface area is 93.7 Å². The maximum Gasteiger partial charge on any atom is 0.169 e. The molecule has 6 heteroatoms. The van der Waals surface area contributed by atoms with E-state index >= 15 is 0 Å². The molecule has 0 aromatic carbocycles. The monoisotopic (exact) mass is 230 g/mol. The van der Waals surface area contributed by atoms with Gasteiger partial charge in [0.15, 0.2) is 5.82 Å². The molecule has 2 heterocycles. The zero-order valence-corrected chi connectivity index (χ0v) is 9.68. The zero-order valence-electron chi connectivity index (χ0n) is 8.93. The number of ether oxygens (including phenoxy) is 1. The van der Waals surface area contributed by atoms with E-state index in [1.807, 2.05) is 11.6 Å². The van der Waals surface area contributed by atoms with Crippen molar-refractivity contribution in [1.29, 1.82) is 0 Å². The quantitative estimate of drug-likeness (QED) is 0.724. The molecule has 3 atom stereocenters. The van der Waals surface area contributed by atoms with E-state index in [1.165, 1.54) is 0 Å². The summed E-state index contributed by atoms with van der Waals surface area (Å²) in [6.45, 7) is 5.56. The van der Waals surface area contributed by atoms with Crippen LogP contribution in [0.5, 0.6) is 0 Å². The molecule has 5 nitrogen and oxygen atoms in total. The molecule has 0 aliphatic carbocycles. The average molecular weight is 231 g/mol. The minimum Gasteiger partial charge on any atom is -0.381 e. The first-order valence-electron chi connectivity index (χ1n) is 5.19. The molecule has 0 amide bonds. The molecular weight excluding hydrogens is 216 g/mol. The van der Waals surface area contributed by atoms with Crippen molar-refractivity contribution in [3.05, 3.63) is 5.82 Å². The van der Waals surface area contributed by atoms with Crippen molar-refractivity contribution < 1.29 is 4.74 Å². The summed E-state index contributed by atoms with van der Waals surface area (Å²) in [6, 6.07) is 0.310. The SMILES string of the molecule is CC(Cl)c1nnnn1C1CCOCC1C. The van der Waals surface area contributed by atoms with Gasteiger partial charge in [-0.15, -0.1) is 16.7 Å². The molecule has 0 bridgehead atoms. The lowest BCUT2D eigenvalue weighted by atomic mass is 9.98. The number of rotatable bonds is 2. The van der Waals surface area contributed by atoms with Crippen molar-refractivity contribution >= 4 is 11.6 Å². The fourth-order valence-corrected chi connectivity index (χ4v) is 2.07. The molecule has 0 N–H and O–H groups in total. The smallest absolute Gasteiger partial charge is 0.169 e. The maximum absolute atomic E-state index is 6.02. The lowest BCUT2D eigenvalue weighted by Crippen LogP contribution is -2.30. The molecular formula is C9H15ClN4O. The third-order valence-electron chi connectivity index (χ3n) is 2.78. The normalized spacial score (nSPS) is 29.0. The Kier molecular flexibility index (Phi) is 3.21. The Hall–Kier alpha value is -0.680. The van der Waals surface area contributed by atoms with E-state index in [1.54, 1.807) is 0 Å². The number of halogens is 1. The first-order chi connectivity index (χ1) is 7.20. The van der Waals surface area contributed by atoms with Gasteiger partial charge in [0.1, 0.15) is 0 Å². The van der Waals surface area contributed by atoms with Crippen molar-refractivity contribution in [1.82, 2.24) is 20.2 Å². The molecule has 84 valence electrons. The third-order valence-corrected chi connectivity index (χ3v) is 2.98. The predicted octanol–water partition coefficient (Wildman–Crippen LogP) is 1.57. The number of alkyl halides is 1. The highest BCUT2D eigenvalue weighted by Gasteiger charge is 2.27. The van der Waals surface area contributed by atoms with Gasteiger partial charge in [-0.2, -0.15) is 0 Å². The number of tetrazole rings is 1. The van der Waals surface area contributed by atoms with Crippen LogP contribution in [0, 0.1) is 5.92 Å². The van der Waals surface area contributed by atoms with E-state index in [2.05, 4.69) is 22.4 Å². The summed E-state index contributed by atoms with van der Waals surface area (Å²) in [4.78, 5) is 0. The maximum atomic E-state index is 6.02. The second-order valence-electron chi connectivity index (χ2n) is 4.01. The van der Waals surface area contributed by atoms with E-state index in [-0.39, 0.29) is 5.38 Å². The van der Waals surface area contributed by atoms with Crippen LogP contribution in [0.2, 0.25) is 0 Å². The van der Waals surface area contributed by atoms with Gasteiger partial charge >= 0.3 is 0 Å². The van der Waals surface area contributed by atoms with Gasteiger partial charge in [0.2, 0.25) is 0 Å². The van der Waals surface area contributed by atoms with Crippen molar-refractivity contribution in [2.75, 3.05) is 13.2 Å². The topological polar surface area (TPSA) is 52.8 Å². The van der Waals surface area contributed by atoms with E-state index < -0.39 is 0 Å². The minimum absolute atomic E-state index is 0.157. The van der Waals surface area contributed by atoms with Gasteiger partial charge in [0.25, 0.3) is 0 Å². The van der Waals surface area contributed by atoms with Crippen LogP contribution in [0.15, 0.2) is 0 Å². The van der Waals surface area contributed by atoms with E-state index in [4.69, 9.17) is 16.3 Å². The van der Waals surface area contributed by atoms with Crippen LogP contribution in [-0.4, -0.2) is 33.4 Å². The Balaban J connectivity index is 2.23. The van der Waals surface area contributed by atoms with Crippen LogP contribution in [-0.2, 0) is 4.74 Å². The number of hydrogen-bond donors (Lipinski definition) is 0. The largest absolute Gasteiger partial charge is 0.381 e. The summed E-state index contributed by atoms with van der Waals surface area (Å²) < 4.78 is 7.25. The molecule has 2 rings (SSSR count). The van der Waals surface area contributed by atoms with Crippen LogP contribution >= 0.6 is 11.6 Å². The summed E-state index contributed by atoms with van der Waals surface area (Å²) in [5.74, 6) is 1.17. The molecule has 1 aliphatic heterocycles. The fourth-order valence-electron chi connectivity index (χ4n) is 1.93. The highest BCUT2D eigenvalue weighted by molar-refractivity contribution is 6.20. The van der Waals surface area contributed by atoms with Crippen molar-refractivity contribution in [2.24, 2.45) is 5.92 Å². The first-order valence-corrected chi connectivity index (χ1v) is 5.63. The Morgan fingerprint density at radius 1 is 1.60 bits per heavy atom. The van der Waals surface area contributed by atoms with Gasteiger partial charge in [0.05, 0.1) is 18.0 Å². The number of aromatic nitrogens is 4. The molecule has 1 aromatic heterocycles. The lowest BCUT2D eigenvalue weighted by Gasteiger charge is -2.29. The van der Waals surface area contributed by atoms with Crippen molar-refractivity contribution in [3.63, 3.8) is 0 Å². The Bertz CT molecular complexity index is 328. The molecule has 0 radical (unpaired) electrons. The molecule has 15 heavy (non-hydrogen) atoms. The van der Waals surface area contributed by atoms with Gasteiger partial charge in [0, 0.05) is 12.5 Å². The van der Waals surface area contributed by atoms with E-state index in [0.717, 1.165) is 25.5 Å². The molecule has 0 spiro atoms. The highest BCUT2D eigenvalue weighted by atomic mass is 35.5. The number of hydrogen-bond acceptors (Lipinski definition) is 4. The summed E-state index contributed by atoms with van der Waals surface area (Å²) in [5, 5.41) is 11.5. The highest BCUT2D eigenvalue weighted by Crippen LogP contribution is 2.28. The second kappa shape index (κ2) is 4.45. The van der Waals surface area contributed by atoms with Crippen molar-refractivity contribution in [3.8, 4) is 0 Å². The van der Waals surface area contributed by atoms with Crippen molar-refractivity contribution in [2.45, 2.75) is 31.7 Å². The fraction of sp³-hybridized carbons (Fsp3) is 0.889. The second-order valence-corrected chi connectivity index (χ2v) is 4.66. The Morgan fingerprint density at radius 2 is 2.40 bits per heavy atom. The van der Waals surface area contributed by atoms with Crippen LogP contribution in [0.4, 0.5) is 0 Å². The molecule has 1 aliphatic rings. The van der Waals surface area contributed by atoms with Crippen LogP contribution in [0.1, 0.15) is 37.5 Å². The van der Waals surface area contributed by atoms with E-state index in [0.29, 0.717) is 12.0 Å². The van der Waals surface area contributed by atoms with Gasteiger partial charge in [-0.25, -0.2) is 4.68 Å². The van der Waals surface area contributed by atoms with Crippen LogP contribution in [0.3, 0.4) is 0 Å². The molecule has 1 aromatic rings. The zero-order chi connectivity index (χ0) is 10.8. The first kappa shape index (κ1) is 10.8. The standard InChI is InChI=1S/C9H15ClN4O/c1-6-5-15-4-3-8(6)14-9(7(2)10)11-12-13-14/h6-8H,3-5H2,1-2H3. The Morgan fingerprint density at radius 3 is 3.07 bits per heavy atom. The average Bonchev–Trinajstić information content (AvgIpc) is 2.67. The van der Waals surface area contributed by atoms with Crippen LogP contribution < -0.4 is 0 Å². The minimum atomic E-state index is -0.157. The molecule has 3 unspecified atom stereocenters. The van der Waals surface area contributed by atoms with Gasteiger partial charge in [-0.05, 0) is 23.8 Å². The number of nitrogens with zero attached hydrogens (tertiary/aromatic N) is 4. The predicted molar refractivity (Wildman–Crippen MR) is 55.7 cm³/mol. The van der Waals surface area contributed by atoms with E-state index in [9.17, 15) is 0 Å². The summed E-state index contributed by atoms with van der Waals surface area (Å²) in [7, 11) is 0. The van der Waals surface area contributed by atoms with Crippen LogP contribution in [0.25, 0.3) is 0 Å². The summed E-state index contributed by atoms with van der Waals surface area (Å²) in [5.41, 5.74) is 0. The summed E-state index contributed by atoms with van der Waals surface area (Å²) in [6.07, 6.45) is 0.947. The molecule has 1 saturated heterocycles. The molecule has 0 saturated carbocycles. The lowest BCUT2D eigenvalue weighted by molar-refractivity contribution is 0.0235. The summed E-state index contributed by atoms with van der Waals surface area (Å²) >= 11 is 6.02. The van der Waals surface area contributed by atoms with Gasteiger partial charge < -0.3 is 4.74 Å². The van der Waals surface area contributed by atoms with Gasteiger partial charge in [-0.1, -0.05) is 6.92 Å². The molecule has 1 fully saturated rings. The van der Waals surface area contributed by atoms with Gasteiger partial charge in [-0.3, -0.25) is 0 Å².